The van der Waals surface area contributed by atoms with Gasteiger partial charge < -0.3 is 14.4 Å². The minimum Gasteiger partial charge on any atom is -0.357 e. The molecule has 0 spiro atoms. The molecular weight excluding hydrogens is 244 g/mol. The molecule has 0 saturated carbocycles. The number of rotatable bonds is 5. The first-order valence-corrected chi connectivity index (χ1v) is 6.26. The zero-order chi connectivity index (χ0) is 13.8. The monoisotopic (exact) mass is 262 g/mol. The normalized spacial score (nSPS) is 10.9. The lowest BCUT2D eigenvalue weighted by Crippen LogP contribution is -2.26. The number of carbonyl (C=O) groups is 1. The summed E-state index contributed by atoms with van der Waals surface area (Å²) in [5.74, 6) is 1.51. The number of aromatic nitrogens is 3. The molecule has 2 aromatic heterocycles. The highest BCUT2D eigenvalue weighted by molar-refractivity contribution is 5.92. The summed E-state index contributed by atoms with van der Waals surface area (Å²) in [7, 11) is 1.70. The van der Waals surface area contributed by atoms with E-state index in [0.717, 1.165) is 6.42 Å². The van der Waals surface area contributed by atoms with Crippen LogP contribution in [0.1, 0.15) is 36.1 Å². The van der Waals surface area contributed by atoms with Gasteiger partial charge in [-0.2, -0.15) is 4.98 Å². The number of amides is 1. The van der Waals surface area contributed by atoms with Crippen LogP contribution in [0.3, 0.4) is 0 Å². The third-order valence-electron chi connectivity index (χ3n) is 2.65. The lowest BCUT2D eigenvalue weighted by atomic mass is 10.1. The lowest BCUT2D eigenvalue weighted by molar-refractivity contribution is 0.0764. The molecule has 19 heavy (non-hydrogen) atoms. The second-order valence-corrected chi connectivity index (χ2v) is 4.95. The third-order valence-corrected chi connectivity index (χ3v) is 2.65. The molecule has 2 rings (SSSR count). The average Bonchev–Trinajstić information content (AvgIpc) is 2.98. The fourth-order valence-electron chi connectivity index (χ4n) is 1.75. The first-order chi connectivity index (χ1) is 9.06. The summed E-state index contributed by atoms with van der Waals surface area (Å²) in [4.78, 5) is 20.7. The molecule has 0 aliphatic heterocycles. The van der Waals surface area contributed by atoms with Gasteiger partial charge in [0.2, 0.25) is 5.89 Å². The van der Waals surface area contributed by atoms with E-state index >= 15 is 0 Å². The maximum absolute atomic E-state index is 12.0. The van der Waals surface area contributed by atoms with Crippen LogP contribution in [0, 0.1) is 5.92 Å². The van der Waals surface area contributed by atoms with E-state index in [-0.39, 0.29) is 5.91 Å². The Labute approximate surface area is 111 Å². The van der Waals surface area contributed by atoms with Gasteiger partial charge in [0, 0.05) is 19.7 Å². The van der Waals surface area contributed by atoms with Crippen molar-refractivity contribution in [3.05, 3.63) is 35.7 Å². The standard InChI is InChI=1S/C13H18N4O2/c1-9(2)7-11-15-12(19-16-11)8-17(3)13(18)10-5-4-6-14-10/h4-6,9,14H,7-8H2,1-3H3. The maximum atomic E-state index is 12.0. The first kappa shape index (κ1) is 13.3. The molecule has 102 valence electrons. The van der Waals surface area contributed by atoms with Gasteiger partial charge in [-0.15, -0.1) is 0 Å². The minimum atomic E-state index is -0.103. The summed E-state index contributed by atoms with van der Waals surface area (Å²) in [5.41, 5.74) is 0.546. The van der Waals surface area contributed by atoms with E-state index in [0.29, 0.717) is 29.9 Å². The van der Waals surface area contributed by atoms with Gasteiger partial charge in [-0.05, 0) is 18.1 Å². The summed E-state index contributed by atoms with van der Waals surface area (Å²) in [6.07, 6.45) is 2.49. The Morgan fingerprint density at radius 1 is 1.53 bits per heavy atom. The van der Waals surface area contributed by atoms with Gasteiger partial charge in [-0.25, -0.2) is 0 Å². The molecule has 0 atom stereocenters. The van der Waals surface area contributed by atoms with Crippen molar-refractivity contribution in [2.75, 3.05) is 7.05 Å². The van der Waals surface area contributed by atoms with Crippen molar-refractivity contribution in [2.24, 2.45) is 5.92 Å². The SMILES string of the molecule is CC(C)Cc1noc(CN(C)C(=O)c2ccc[nH]2)n1. The topological polar surface area (TPSA) is 75.0 Å². The van der Waals surface area contributed by atoms with Crippen LogP contribution in [-0.4, -0.2) is 33.0 Å². The highest BCUT2D eigenvalue weighted by Gasteiger charge is 2.16. The van der Waals surface area contributed by atoms with Gasteiger partial charge >= 0.3 is 0 Å². The summed E-state index contributed by atoms with van der Waals surface area (Å²) in [6, 6.07) is 3.52. The van der Waals surface area contributed by atoms with E-state index in [4.69, 9.17) is 4.52 Å². The van der Waals surface area contributed by atoms with Crippen LogP contribution in [0.5, 0.6) is 0 Å². The van der Waals surface area contributed by atoms with Crippen molar-refractivity contribution in [3.63, 3.8) is 0 Å². The highest BCUT2D eigenvalue weighted by atomic mass is 16.5. The molecule has 6 nitrogen and oxygen atoms in total. The Morgan fingerprint density at radius 2 is 2.32 bits per heavy atom. The minimum absolute atomic E-state index is 0.103. The van der Waals surface area contributed by atoms with Crippen LogP contribution in [0.25, 0.3) is 0 Å². The molecule has 0 aromatic carbocycles. The van der Waals surface area contributed by atoms with Gasteiger partial charge in [-0.1, -0.05) is 19.0 Å². The molecule has 0 bridgehead atoms. The average molecular weight is 262 g/mol. The molecule has 6 heteroatoms. The van der Waals surface area contributed by atoms with Crippen LogP contribution in [0.4, 0.5) is 0 Å². The van der Waals surface area contributed by atoms with Gasteiger partial charge in [0.1, 0.15) is 12.2 Å². The van der Waals surface area contributed by atoms with Gasteiger partial charge in [0.05, 0.1) is 0 Å². The Hall–Kier alpha value is -2.11. The number of H-pyrrole nitrogens is 1. The van der Waals surface area contributed by atoms with E-state index in [1.165, 1.54) is 0 Å². The van der Waals surface area contributed by atoms with Crippen molar-refractivity contribution < 1.29 is 9.32 Å². The second-order valence-electron chi connectivity index (χ2n) is 4.95. The predicted octanol–water partition coefficient (Wildman–Crippen LogP) is 1.87. The largest absolute Gasteiger partial charge is 0.357 e. The van der Waals surface area contributed by atoms with E-state index in [2.05, 4.69) is 29.0 Å². The predicted molar refractivity (Wildman–Crippen MR) is 69.4 cm³/mol. The molecule has 0 saturated heterocycles. The van der Waals surface area contributed by atoms with Crippen LogP contribution < -0.4 is 0 Å². The second kappa shape index (κ2) is 5.69. The molecule has 0 aliphatic rings. The van der Waals surface area contributed by atoms with Crippen molar-refractivity contribution in [3.8, 4) is 0 Å². The summed E-state index contributed by atoms with van der Waals surface area (Å²) >= 11 is 0. The molecule has 2 heterocycles. The molecule has 0 radical (unpaired) electrons. The van der Waals surface area contributed by atoms with E-state index < -0.39 is 0 Å². The van der Waals surface area contributed by atoms with Crippen molar-refractivity contribution in [2.45, 2.75) is 26.8 Å². The summed E-state index contributed by atoms with van der Waals surface area (Å²) < 4.78 is 5.14. The summed E-state index contributed by atoms with van der Waals surface area (Å²) in [5, 5.41) is 3.90. The Morgan fingerprint density at radius 3 is 2.95 bits per heavy atom. The zero-order valence-corrected chi connectivity index (χ0v) is 11.4. The van der Waals surface area contributed by atoms with Crippen molar-refractivity contribution in [1.82, 2.24) is 20.0 Å². The number of nitrogens with zero attached hydrogens (tertiary/aromatic N) is 3. The fourth-order valence-corrected chi connectivity index (χ4v) is 1.75. The van der Waals surface area contributed by atoms with Gasteiger partial charge in [0.15, 0.2) is 5.82 Å². The molecule has 1 amide bonds. The van der Waals surface area contributed by atoms with Gasteiger partial charge in [0.25, 0.3) is 5.91 Å². The number of aromatic amines is 1. The number of nitrogens with one attached hydrogen (secondary N) is 1. The molecular formula is C13H18N4O2. The zero-order valence-electron chi connectivity index (χ0n) is 11.4. The van der Waals surface area contributed by atoms with Crippen LogP contribution in [0.2, 0.25) is 0 Å². The first-order valence-electron chi connectivity index (χ1n) is 6.26. The molecule has 1 N–H and O–H groups in total. The number of hydrogen-bond donors (Lipinski definition) is 1. The third kappa shape index (κ3) is 3.43. The van der Waals surface area contributed by atoms with Crippen LogP contribution in [0.15, 0.2) is 22.9 Å². The smallest absolute Gasteiger partial charge is 0.270 e. The maximum Gasteiger partial charge on any atom is 0.270 e. The summed E-state index contributed by atoms with van der Waals surface area (Å²) in [6.45, 7) is 4.50. The quantitative estimate of drug-likeness (QED) is 0.892. The highest BCUT2D eigenvalue weighted by Crippen LogP contribution is 2.08. The van der Waals surface area contributed by atoms with Gasteiger partial charge in [-0.3, -0.25) is 4.79 Å². The van der Waals surface area contributed by atoms with Crippen molar-refractivity contribution in [1.29, 1.82) is 0 Å². The molecule has 2 aromatic rings. The van der Waals surface area contributed by atoms with Crippen LogP contribution in [-0.2, 0) is 13.0 Å². The number of hydrogen-bond acceptors (Lipinski definition) is 4. The Bertz CT molecular complexity index is 531. The van der Waals surface area contributed by atoms with Crippen LogP contribution >= 0.6 is 0 Å². The lowest BCUT2D eigenvalue weighted by Gasteiger charge is -2.13. The molecule has 0 unspecified atom stereocenters. The molecule has 0 aliphatic carbocycles. The number of carbonyl (C=O) groups excluding carboxylic acids is 1. The fraction of sp³-hybridized carbons (Fsp3) is 0.462. The van der Waals surface area contributed by atoms with Crippen molar-refractivity contribution >= 4 is 5.91 Å². The van der Waals surface area contributed by atoms with E-state index in [1.54, 1.807) is 30.3 Å². The van der Waals surface area contributed by atoms with E-state index in [1.807, 2.05) is 0 Å². The Kier molecular flexibility index (Phi) is 3.99. The molecule has 0 fully saturated rings. The Balaban J connectivity index is 1.97. The van der Waals surface area contributed by atoms with E-state index in [9.17, 15) is 4.79 Å².